The summed E-state index contributed by atoms with van der Waals surface area (Å²) in [5, 5.41) is 5.07. The minimum absolute atomic E-state index is 0.0889. The molecule has 3 aromatic rings. The van der Waals surface area contributed by atoms with Gasteiger partial charge in [-0.15, -0.1) is 0 Å². The lowest BCUT2D eigenvalue weighted by molar-refractivity contribution is -0.127. The molecule has 0 fully saturated rings. The summed E-state index contributed by atoms with van der Waals surface area (Å²) < 4.78 is 11.6. The van der Waals surface area contributed by atoms with Crippen molar-refractivity contribution < 1.29 is 14.3 Å². The van der Waals surface area contributed by atoms with Gasteiger partial charge in [0.05, 0.1) is 6.54 Å². The van der Waals surface area contributed by atoms with Crippen molar-refractivity contribution in [2.45, 2.75) is 39.2 Å². The van der Waals surface area contributed by atoms with Crippen molar-refractivity contribution in [3.63, 3.8) is 0 Å². The van der Waals surface area contributed by atoms with Crippen molar-refractivity contribution in [2.75, 3.05) is 13.2 Å². The van der Waals surface area contributed by atoms with Crippen LogP contribution in [0, 0.1) is 0 Å². The van der Waals surface area contributed by atoms with Gasteiger partial charge < -0.3 is 14.8 Å². The molecular formula is C25H29NO3. The quantitative estimate of drug-likeness (QED) is 0.570. The fraction of sp³-hybridized carbons (Fsp3) is 0.320. The van der Waals surface area contributed by atoms with E-state index >= 15 is 0 Å². The van der Waals surface area contributed by atoms with Crippen LogP contribution >= 0.6 is 0 Å². The Morgan fingerprint density at radius 3 is 2.38 bits per heavy atom. The van der Waals surface area contributed by atoms with Crippen molar-refractivity contribution in [2.24, 2.45) is 0 Å². The molecule has 0 heterocycles. The number of carbonyl (C=O) groups is 1. The summed E-state index contributed by atoms with van der Waals surface area (Å²) in [7, 11) is 0. The fourth-order valence-electron chi connectivity index (χ4n) is 3.09. The Kier molecular flexibility index (Phi) is 6.42. The highest BCUT2D eigenvalue weighted by Gasteiger charge is 2.16. The van der Waals surface area contributed by atoms with Crippen LogP contribution < -0.4 is 14.8 Å². The second-order valence-electron chi connectivity index (χ2n) is 8.15. The zero-order valence-corrected chi connectivity index (χ0v) is 17.6. The van der Waals surface area contributed by atoms with Gasteiger partial charge in [0.15, 0.2) is 6.10 Å². The molecule has 0 radical (unpaired) electrons. The fourth-order valence-corrected chi connectivity index (χ4v) is 3.09. The summed E-state index contributed by atoms with van der Waals surface area (Å²) >= 11 is 0. The van der Waals surface area contributed by atoms with E-state index in [-0.39, 0.29) is 11.3 Å². The van der Waals surface area contributed by atoms with Crippen molar-refractivity contribution in [1.29, 1.82) is 0 Å². The third kappa shape index (κ3) is 5.50. The predicted molar refractivity (Wildman–Crippen MR) is 118 cm³/mol. The highest BCUT2D eigenvalue weighted by molar-refractivity contribution is 5.88. The molecule has 4 heteroatoms. The summed E-state index contributed by atoms with van der Waals surface area (Å²) in [4.78, 5) is 12.3. The molecule has 4 nitrogen and oxygen atoms in total. The SMILES string of the molecule is C[C@@H](Oc1ccc(C(C)(C)C)cc1)C(=O)NCCOc1cccc2ccccc12. The Hall–Kier alpha value is -3.01. The topological polar surface area (TPSA) is 47.6 Å². The minimum atomic E-state index is -0.576. The molecule has 3 aromatic carbocycles. The molecule has 3 rings (SSSR count). The molecule has 0 aliphatic heterocycles. The van der Waals surface area contributed by atoms with Gasteiger partial charge >= 0.3 is 0 Å². The van der Waals surface area contributed by atoms with Crippen LogP contribution in [0.4, 0.5) is 0 Å². The number of hydrogen-bond acceptors (Lipinski definition) is 3. The van der Waals surface area contributed by atoms with E-state index in [1.165, 1.54) is 5.56 Å². The molecular weight excluding hydrogens is 362 g/mol. The first-order valence-corrected chi connectivity index (χ1v) is 10.00. The molecule has 0 aliphatic rings. The van der Waals surface area contributed by atoms with E-state index in [4.69, 9.17) is 9.47 Å². The average Bonchev–Trinajstić information content (AvgIpc) is 2.70. The number of rotatable bonds is 7. The highest BCUT2D eigenvalue weighted by Crippen LogP contribution is 2.25. The monoisotopic (exact) mass is 391 g/mol. The second-order valence-corrected chi connectivity index (χ2v) is 8.15. The number of carbonyl (C=O) groups excluding carboxylic acids is 1. The number of fused-ring (bicyclic) bond motifs is 1. The lowest BCUT2D eigenvalue weighted by Gasteiger charge is -2.20. The molecule has 0 aliphatic carbocycles. The molecule has 152 valence electrons. The Morgan fingerprint density at radius 2 is 1.66 bits per heavy atom. The normalized spacial score (nSPS) is 12.4. The minimum Gasteiger partial charge on any atom is -0.491 e. The van der Waals surface area contributed by atoms with Crippen molar-refractivity contribution in [1.82, 2.24) is 5.32 Å². The maximum Gasteiger partial charge on any atom is 0.260 e. The third-order valence-corrected chi connectivity index (χ3v) is 4.81. The van der Waals surface area contributed by atoms with Crippen LogP contribution in [0.1, 0.15) is 33.3 Å². The second kappa shape index (κ2) is 8.99. The summed E-state index contributed by atoms with van der Waals surface area (Å²) in [6.07, 6.45) is -0.576. The Bertz CT molecular complexity index is 952. The number of amides is 1. The van der Waals surface area contributed by atoms with Crippen LogP contribution in [0.15, 0.2) is 66.7 Å². The summed E-state index contributed by atoms with van der Waals surface area (Å²) in [5.74, 6) is 1.35. The zero-order valence-electron chi connectivity index (χ0n) is 17.6. The van der Waals surface area contributed by atoms with Gasteiger partial charge in [0.2, 0.25) is 0 Å². The first-order valence-electron chi connectivity index (χ1n) is 10.00. The summed E-state index contributed by atoms with van der Waals surface area (Å²) in [6.45, 7) is 9.06. The van der Waals surface area contributed by atoms with Crippen LogP contribution in [0.25, 0.3) is 10.8 Å². The Morgan fingerprint density at radius 1 is 0.966 bits per heavy atom. The van der Waals surface area contributed by atoms with Gasteiger partial charge in [0, 0.05) is 5.39 Å². The first-order chi connectivity index (χ1) is 13.8. The molecule has 29 heavy (non-hydrogen) atoms. The van der Waals surface area contributed by atoms with E-state index < -0.39 is 6.10 Å². The Labute approximate surface area is 172 Å². The van der Waals surface area contributed by atoms with Crippen LogP contribution in [0.2, 0.25) is 0 Å². The van der Waals surface area contributed by atoms with E-state index in [1.807, 2.05) is 54.6 Å². The largest absolute Gasteiger partial charge is 0.491 e. The lowest BCUT2D eigenvalue weighted by Crippen LogP contribution is -2.38. The Balaban J connectivity index is 1.46. The molecule has 0 spiro atoms. The molecule has 0 saturated heterocycles. The smallest absolute Gasteiger partial charge is 0.260 e. The maximum atomic E-state index is 12.3. The number of ether oxygens (including phenoxy) is 2. The van der Waals surface area contributed by atoms with E-state index in [0.717, 1.165) is 16.5 Å². The van der Waals surface area contributed by atoms with Gasteiger partial charge in [-0.3, -0.25) is 4.79 Å². The van der Waals surface area contributed by atoms with Gasteiger partial charge in [0.25, 0.3) is 5.91 Å². The van der Waals surface area contributed by atoms with Gasteiger partial charge in [-0.1, -0.05) is 69.3 Å². The predicted octanol–water partition coefficient (Wildman–Crippen LogP) is 5.10. The first kappa shape index (κ1) is 20.7. The zero-order chi connectivity index (χ0) is 20.9. The van der Waals surface area contributed by atoms with Gasteiger partial charge in [-0.25, -0.2) is 0 Å². The number of nitrogens with one attached hydrogen (secondary N) is 1. The van der Waals surface area contributed by atoms with Crippen molar-refractivity contribution >= 4 is 16.7 Å². The highest BCUT2D eigenvalue weighted by atomic mass is 16.5. The lowest BCUT2D eigenvalue weighted by atomic mass is 9.87. The molecule has 0 unspecified atom stereocenters. The maximum absolute atomic E-state index is 12.3. The molecule has 0 saturated carbocycles. The number of benzene rings is 3. The van der Waals surface area contributed by atoms with E-state index in [9.17, 15) is 4.79 Å². The third-order valence-electron chi connectivity index (χ3n) is 4.81. The van der Waals surface area contributed by atoms with Crippen molar-refractivity contribution in [3.8, 4) is 11.5 Å². The van der Waals surface area contributed by atoms with Crippen LogP contribution in [0.3, 0.4) is 0 Å². The molecule has 0 aromatic heterocycles. The van der Waals surface area contributed by atoms with Gasteiger partial charge in [-0.2, -0.15) is 0 Å². The van der Waals surface area contributed by atoms with Gasteiger partial charge in [0.1, 0.15) is 18.1 Å². The molecule has 0 bridgehead atoms. The summed E-state index contributed by atoms with van der Waals surface area (Å²) in [6, 6.07) is 21.9. The van der Waals surface area contributed by atoms with E-state index in [0.29, 0.717) is 18.9 Å². The molecule has 1 amide bonds. The van der Waals surface area contributed by atoms with E-state index in [2.05, 4.69) is 38.2 Å². The van der Waals surface area contributed by atoms with E-state index in [1.54, 1.807) is 6.92 Å². The van der Waals surface area contributed by atoms with Crippen LogP contribution in [0.5, 0.6) is 11.5 Å². The van der Waals surface area contributed by atoms with Crippen LogP contribution in [-0.2, 0) is 10.2 Å². The van der Waals surface area contributed by atoms with Gasteiger partial charge in [-0.05, 0) is 41.5 Å². The number of hydrogen-bond donors (Lipinski definition) is 1. The average molecular weight is 392 g/mol. The van der Waals surface area contributed by atoms with Crippen molar-refractivity contribution in [3.05, 3.63) is 72.3 Å². The summed E-state index contributed by atoms with van der Waals surface area (Å²) in [5.41, 5.74) is 1.32. The van der Waals surface area contributed by atoms with Crippen LogP contribution in [-0.4, -0.2) is 25.2 Å². The molecule has 1 N–H and O–H groups in total. The molecule has 1 atom stereocenters. The standard InChI is InChI=1S/C25H29NO3/c1-18(29-21-14-12-20(13-15-21)25(2,3)4)24(27)26-16-17-28-23-11-7-9-19-8-5-6-10-22(19)23/h5-15,18H,16-17H2,1-4H3,(H,26,27)/t18-/m1/s1.